The molecular formula is C25H28N2O3. The summed E-state index contributed by atoms with van der Waals surface area (Å²) < 4.78 is 0. The molecule has 156 valence electrons. The number of imide groups is 2. The van der Waals surface area contributed by atoms with E-state index in [9.17, 15) is 14.4 Å². The Bertz CT molecular complexity index is 917. The van der Waals surface area contributed by atoms with Crippen molar-refractivity contribution < 1.29 is 14.4 Å². The number of barbiturate groups is 1. The molecule has 1 saturated carbocycles. The SMILES string of the molecule is Cc1ccc(CC2C(=O)N(Cc3ccccc3)C(=O)N(C3CCCCC3)C2=O)cc1. The number of benzene rings is 2. The van der Waals surface area contributed by atoms with Crippen molar-refractivity contribution in [1.82, 2.24) is 9.80 Å². The topological polar surface area (TPSA) is 57.7 Å². The summed E-state index contributed by atoms with van der Waals surface area (Å²) >= 11 is 0. The van der Waals surface area contributed by atoms with Gasteiger partial charge in [-0.05, 0) is 37.3 Å². The van der Waals surface area contributed by atoms with Gasteiger partial charge in [0.2, 0.25) is 11.8 Å². The van der Waals surface area contributed by atoms with Crippen molar-refractivity contribution >= 4 is 17.8 Å². The molecule has 2 aromatic rings. The third kappa shape index (κ3) is 4.16. The van der Waals surface area contributed by atoms with E-state index in [0.29, 0.717) is 6.42 Å². The first-order chi connectivity index (χ1) is 14.5. The minimum absolute atomic E-state index is 0.106. The smallest absolute Gasteiger partial charge is 0.273 e. The fourth-order valence-electron chi connectivity index (χ4n) is 4.50. The lowest BCUT2D eigenvalue weighted by atomic mass is 9.89. The van der Waals surface area contributed by atoms with Crippen molar-refractivity contribution in [2.24, 2.45) is 5.92 Å². The molecule has 4 amide bonds. The van der Waals surface area contributed by atoms with Crippen LogP contribution in [0.15, 0.2) is 54.6 Å². The molecule has 0 spiro atoms. The number of amides is 4. The number of urea groups is 1. The summed E-state index contributed by atoms with van der Waals surface area (Å²) in [6, 6.07) is 16.8. The molecule has 5 heteroatoms. The Morgan fingerprint density at radius 3 is 2.13 bits per heavy atom. The van der Waals surface area contributed by atoms with Gasteiger partial charge in [-0.3, -0.25) is 19.4 Å². The zero-order valence-corrected chi connectivity index (χ0v) is 17.4. The predicted octanol–water partition coefficient (Wildman–Crippen LogP) is 4.48. The molecule has 4 rings (SSSR count). The number of carbonyl (C=O) groups excluding carboxylic acids is 3. The first kappa shape index (κ1) is 20.3. The Hall–Kier alpha value is -2.95. The van der Waals surface area contributed by atoms with Crippen LogP contribution in [0, 0.1) is 12.8 Å². The van der Waals surface area contributed by atoms with Gasteiger partial charge in [0.15, 0.2) is 0 Å². The molecule has 2 aliphatic rings. The van der Waals surface area contributed by atoms with Crippen LogP contribution < -0.4 is 0 Å². The summed E-state index contributed by atoms with van der Waals surface area (Å²) in [6.45, 7) is 2.20. The van der Waals surface area contributed by atoms with Crippen LogP contribution in [0.4, 0.5) is 4.79 Å². The zero-order valence-electron chi connectivity index (χ0n) is 17.4. The zero-order chi connectivity index (χ0) is 21.1. The molecule has 1 aliphatic carbocycles. The molecule has 5 nitrogen and oxygen atoms in total. The van der Waals surface area contributed by atoms with Crippen molar-refractivity contribution in [3.05, 3.63) is 71.3 Å². The quantitative estimate of drug-likeness (QED) is 0.691. The molecule has 0 N–H and O–H groups in total. The molecule has 2 fully saturated rings. The molecule has 0 aromatic heterocycles. The monoisotopic (exact) mass is 404 g/mol. The van der Waals surface area contributed by atoms with Crippen LogP contribution >= 0.6 is 0 Å². The maximum absolute atomic E-state index is 13.4. The van der Waals surface area contributed by atoms with Gasteiger partial charge in [0.25, 0.3) is 0 Å². The van der Waals surface area contributed by atoms with Crippen molar-refractivity contribution in [3.63, 3.8) is 0 Å². The highest BCUT2D eigenvalue weighted by atomic mass is 16.2. The first-order valence-corrected chi connectivity index (χ1v) is 10.8. The first-order valence-electron chi connectivity index (χ1n) is 10.8. The number of hydrogen-bond donors (Lipinski definition) is 0. The van der Waals surface area contributed by atoms with Gasteiger partial charge in [0.1, 0.15) is 5.92 Å². The summed E-state index contributed by atoms with van der Waals surface area (Å²) in [6.07, 6.45) is 5.12. The van der Waals surface area contributed by atoms with Gasteiger partial charge in [0, 0.05) is 6.04 Å². The van der Waals surface area contributed by atoms with Crippen molar-refractivity contribution in [2.75, 3.05) is 0 Å². The van der Waals surface area contributed by atoms with E-state index in [0.717, 1.165) is 48.8 Å². The Morgan fingerprint density at radius 1 is 0.800 bits per heavy atom. The lowest BCUT2D eigenvalue weighted by Gasteiger charge is -2.42. The Kier molecular flexibility index (Phi) is 5.98. The molecule has 1 unspecified atom stereocenters. The molecule has 0 bridgehead atoms. The van der Waals surface area contributed by atoms with Crippen LogP contribution in [-0.4, -0.2) is 33.7 Å². The van der Waals surface area contributed by atoms with Crippen LogP contribution in [0.2, 0.25) is 0 Å². The van der Waals surface area contributed by atoms with Gasteiger partial charge in [-0.1, -0.05) is 79.4 Å². The van der Waals surface area contributed by atoms with Gasteiger partial charge >= 0.3 is 6.03 Å². The predicted molar refractivity (Wildman–Crippen MR) is 114 cm³/mol. The van der Waals surface area contributed by atoms with E-state index >= 15 is 0 Å². The fraction of sp³-hybridized carbons (Fsp3) is 0.400. The number of aryl methyl sites for hydroxylation is 1. The molecule has 30 heavy (non-hydrogen) atoms. The normalized spacial score (nSPS) is 20.7. The molecule has 1 saturated heterocycles. The highest BCUT2D eigenvalue weighted by Crippen LogP contribution is 2.30. The van der Waals surface area contributed by atoms with Crippen LogP contribution in [0.3, 0.4) is 0 Å². The summed E-state index contributed by atoms with van der Waals surface area (Å²) in [4.78, 5) is 42.7. The minimum atomic E-state index is -0.851. The van der Waals surface area contributed by atoms with Crippen LogP contribution in [-0.2, 0) is 22.6 Å². The maximum Gasteiger partial charge on any atom is 0.334 e. The van der Waals surface area contributed by atoms with Crippen molar-refractivity contribution in [2.45, 2.75) is 58.0 Å². The van der Waals surface area contributed by atoms with Crippen LogP contribution in [0.25, 0.3) is 0 Å². The second-order valence-corrected chi connectivity index (χ2v) is 8.43. The highest BCUT2D eigenvalue weighted by Gasteiger charge is 2.48. The molecular weight excluding hydrogens is 376 g/mol. The number of carbonyl (C=O) groups is 3. The van der Waals surface area contributed by atoms with Gasteiger partial charge in [-0.15, -0.1) is 0 Å². The second-order valence-electron chi connectivity index (χ2n) is 8.43. The van der Waals surface area contributed by atoms with E-state index in [4.69, 9.17) is 0 Å². The average molecular weight is 405 g/mol. The molecule has 1 aliphatic heterocycles. The molecule has 1 atom stereocenters. The van der Waals surface area contributed by atoms with E-state index in [1.54, 1.807) is 0 Å². The van der Waals surface area contributed by atoms with Crippen molar-refractivity contribution in [3.8, 4) is 0 Å². The van der Waals surface area contributed by atoms with Gasteiger partial charge in [-0.2, -0.15) is 0 Å². The molecule has 0 radical (unpaired) electrons. The van der Waals surface area contributed by atoms with Crippen LogP contribution in [0.1, 0.15) is 48.8 Å². The van der Waals surface area contributed by atoms with Crippen molar-refractivity contribution in [1.29, 1.82) is 0 Å². The largest absolute Gasteiger partial charge is 0.334 e. The number of hydrogen-bond acceptors (Lipinski definition) is 3. The van der Waals surface area contributed by atoms with E-state index < -0.39 is 11.9 Å². The van der Waals surface area contributed by atoms with Gasteiger partial charge < -0.3 is 0 Å². The Balaban J connectivity index is 1.65. The maximum atomic E-state index is 13.4. The molecule has 1 heterocycles. The number of nitrogens with zero attached hydrogens (tertiary/aromatic N) is 2. The average Bonchev–Trinajstić information content (AvgIpc) is 2.77. The van der Waals surface area contributed by atoms with E-state index in [1.165, 1.54) is 9.80 Å². The fourth-order valence-corrected chi connectivity index (χ4v) is 4.50. The summed E-state index contributed by atoms with van der Waals surface area (Å²) in [5.41, 5.74) is 2.95. The third-order valence-electron chi connectivity index (χ3n) is 6.22. The highest BCUT2D eigenvalue weighted by molar-refractivity contribution is 6.16. The minimum Gasteiger partial charge on any atom is -0.273 e. The Morgan fingerprint density at radius 2 is 1.47 bits per heavy atom. The standard InChI is InChI=1S/C25H28N2O3/c1-18-12-14-19(15-13-18)16-22-23(28)26(17-20-8-4-2-5-9-20)25(30)27(24(22)29)21-10-6-3-7-11-21/h2,4-5,8-9,12-15,21-22H,3,6-7,10-11,16-17H2,1H3. The summed E-state index contributed by atoms with van der Waals surface area (Å²) in [5.74, 6) is -1.57. The Labute approximate surface area is 177 Å². The lowest BCUT2D eigenvalue weighted by Crippen LogP contribution is -2.62. The van der Waals surface area contributed by atoms with E-state index in [2.05, 4.69) is 0 Å². The van der Waals surface area contributed by atoms with E-state index in [1.807, 2.05) is 61.5 Å². The van der Waals surface area contributed by atoms with Gasteiger partial charge in [0.05, 0.1) is 6.54 Å². The summed E-state index contributed by atoms with van der Waals surface area (Å²) in [5, 5.41) is 0. The second kappa shape index (κ2) is 8.82. The number of rotatable bonds is 5. The molecule has 2 aromatic carbocycles. The lowest BCUT2D eigenvalue weighted by molar-refractivity contribution is -0.151. The van der Waals surface area contributed by atoms with E-state index in [-0.39, 0.29) is 24.4 Å². The summed E-state index contributed by atoms with van der Waals surface area (Å²) in [7, 11) is 0. The van der Waals surface area contributed by atoms with Crippen LogP contribution in [0.5, 0.6) is 0 Å². The third-order valence-corrected chi connectivity index (χ3v) is 6.22. The van der Waals surface area contributed by atoms with Gasteiger partial charge in [-0.25, -0.2) is 4.79 Å².